The molecule has 0 fully saturated rings. The number of fused-ring (bicyclic) bond motifs is 1. The van der Waals surface area contributed by atoms with E-state index in [4.69, 9.17) is 4.74 Å². The van der Waals surface area contributed by atoms with Crippen LogP contribution in [0.5, 0.6) is 5.75 Å². The number of rotatable bonds is 3. The number of hydrogen-bond acceptors (Lipinski definition) is 5. The van der Waals surface area contributed by atoms with Crippen molar-refractivity contribution in [3.05, 3.63) is 23.1 Å². The van der Waals surface area contributed by atoms with Gasteiger partial charge in [-0.25, -0.2) is 4.98 Å². The summed E-state index contributed by atoms with van der Waals surface area (Å²) < 4.78 is 5.80. The van der Waals surface area contributed by atoms with Crippen molar-refractivity contribution < 1.29 is 4.74 Å². The maximum Gasteiger partial charge on any atom is 0.183 e. The normalized spacial score (nSPS) is 17.1. The number of benzene rings is 1. The molecule has 0 bridgehead atoms. The first-order valence-electron chi connectivity index (χ1n) is 6.93. The Morgan fingerprint density at radius 2 is 2.35 bits per heavy atom. The molecule has 0 aliphatic carbocycles. The molecule has 1 unspecified atom stereocenters. The minimum Gasteiger partial charge on any atom is -0.487 e. The molecule has 0 saturated heterocycles. The lowest BCUT2D eigenvalue weighted by Crippen LogP contribution is -2.27. The summed E-state index contributed by atoms with van der Waals surface area (Å²) in [5.74, 6) is 0.923. The average molecular weight is 289 g/mol. The summed E-state index contributed by atoms with van der Waals surface area (Å²) in [6.45, 7) is 7.99. The molecule has 1 aliphatic heterocycles. The highest BCUT2D eigenvalue weighted by molar-refractivity contribution is 7.16. The molecule has 1 aliphatic rings. The molecule has 0 radical (unpaired) electrons. The molecule has 0 spiro atoms. The first kappa shape index (κ1) is 13.2. The van der Waals surface area contributed by atoms with Crippen LogP contribution in [-0.2, 0) is 0 Å². The average Bonchev–Trinajstić information content (AvgIpc) is 2.79. The van der Waals surface area contributed by atoms with Crippen LogP contribution in [0.2, 0.25) is 0 Å². The van der Waals surface area contributed by atoms with E-state index in [2.05, 4.69) is 48.5 Å². The lowest BCUT2D eigenvalue weighted by molar-refractivity contribution is 0.226. The summed E-state index contributed by atoms with van der Waals surface area (Å²) in [6, 6.07) is 6.23. The molecule has 2 N–H and O–H groups in total. The van der Waals surface area contributed by atoms with Gasteiger partial charge in [-0.2, -0.15) is 0 Å². The summed E-state index contributed by atoms with van der Waals surface area (Å²) in [5.41, 5.74) is 3.24. The summed E-state index contributed by atoms with van der Waals surface area (Å²) in [7, 11) is 0. The first-order chi connectivity index (χ1) is 9.67. The Kier molecular flexibility index (Phi) is 3.53. The molecule has 4 nitrogen and oxygen atoms in total. The third kappa shape index (κ3) is 2.45. The fraction of sp³-hybridized carbons (Fsp3) is 0.400. The van der Waals surface area contributed by atoms with Crippen molar-refractivity contribution in [1.82, 2.24) is 4.98 Å². The second-order valence-corrected chi connectivity index (χ2v) is 6.18. The largest absolute Gasteiger partial charge is 0.487 e. The van der Waals surface area contributed by atoms with Crippen molar-refractivity contribution in [3.8, 4) is 17.0 Å². The van der Waals surface area contributed by atoms with Gasteiger partial charge in [-0.3, -0.25) is 0 Å². The Morgan fingerprint density at radius 3 is 3.15 bits per heavy atom. The summed E-state index contributed by atoms with van der Waals surface area (Å²) >= 11 is 1.70. The molecule has 1 aromatic heterocycles. The zero-order chi connectivity index (χ0) is 14.1. The quantitative estimate of drug-likeness (QED) is 0.903. The van der Waals surface area contributed by atoms with Crippen molar-refractivity contribution in [1.29, 1.82) is 0 Å². The van der Waals surface area contributed by atoms with Gasteiger partial charge in [0, 0.05) is 17.0 Å². The number of ether oxygens (including phenoxy) is 1. The second kappa shape index (κ2) is 5.32. The van der Waals surface area contributed by atoms with Crippen molar-refractivity contribution >= 4 is 22.2 Å². The molecular weight excluding hydrogens is 270 g/mol. The fourth-order valence-corrected chi connectivity index (χ4v) is 3.23. The molecular formula is C15H19N3OS. The van der Waals surface area contributed by atoms with Crippen LogP contribution in [0, 0.1) is 6.92 Å². The molecule has 2 aromatic rings. The van der Waals surface area contributed by atoms with Crippen molar-refractivity contribution in [3.63, 3.8) is 0 Å². The summed E-state index contributed by atoms with van der Waals surface area (Å²) in [6.07, 6.45) is 0.217. The standard InChI is InChI=1S/C15H19N3OS/c1-4-16-15-18-14(10(3)20-15)11-5-6-13-12(7-11)17-8-9(2)19-13/h5-7,9,17H,4,8H2,1-3H3,(H,16,18). The minimum atomic E-state index is 0.217. The molecule has 0 saturated carbocycles. The van der Waals surface area contributed by atoms with E-state index in [0.29, 0.717) is 0 Å². The Bertz CT molecular complexity index is 624. The van der Waals surface area contributed by atoms with Crippen LogP contribution >= 0.6 is 11.3 Å². The molecule has 1 aromatic carbocycles. The van der Waals surface area contributed by atoms with Crippen LogP contribution in [0.3, 0.4) is 0 Å². The number of aryl methyl sites for hydroxylation is 1. The Hall–Kier alpha value is -1.75. The van der Waals surface area contributed by atoms with Crippen LogP contribution in [-0.4, -0.2) is 24.2 Å². The highest BCUT2D eigenvalue weighted by Gasteiger charge is 2.17. The molecule has 1 atom stereocenters. The summed E-state index contributed by atoms with van der Waals surface area (Å²) in [5, 5.41) is 7.66. The van der Waals surface area contributed by atoms with Crippen LogP contribution < -0.4 is 15.4 Å². The number of hydrogen-bond donors (Lipinski definition) is 2. The predicted octanol–water partition coefficient (Wildman–Crippen LogP) is 3.74. The van der Waals surface area contributed by atoms with Crippen LogP contribution in [0.4, 0.5) is 10.8 Å². The molecule has 106 valence electrons. The molecule has 20 heavy (non-hydrogen) atoms. The molecule has 2 heterocycles. The molecule has 0 amide bonds. The van der Waals surface area contributed by atoms with Gasteiger partial charge in [0.2, 0.25) is 0 Å². The number of aromatic nitrogens is 1. The van der Waals surface area contributed by atoms with Crippen LogP contribution in [0.25, 0.3) is 11.3 Å². The van der Waals surface area contributed by atoms with E-state index in [9.17, 15) is 0 Å². The van der Waals surface area contributed by atoms with E-state index in [1.165, 1.54) is 4.88 Å². The maximum absolute atomic E-state index is 5.80. The monoisotopic (exact) mass is 289 g/mol. The van der Waals surface area contributed by atoms with Gasteiger partial charge in [-0.15, -0.1) is 11.3 Å². The zero-order valence-corrected chi connectivity index (χ0v) is 12.8. The number of nitrogens with zero attached hydrogens (tertiary/aromatic N) is 1. The van der Waals surface area contributed by atoms with E-state index >= 15 is 0 Å². The van der Waals surface area contributed by atoms with Gasteiger partial charge >= 0.3 is 0 Å². The highest BCUT2D eigenvalue weighted by Crippen LogP contribution is 2.36. The molecule has 5 heteroatoms. The number of anilines is 2. The second-order valence-electron chi connectivity index (χ2n) is 4.97. The van der Waals surface area contributed by atoms with Gasteiger partial charge < -0.3 is 15.4 Å². The van der Waals surface area contributed by atoms with Crippen molar-refractivity contribution in [2.24, 2.45) is 0 Å². The van der Waals surface area contributed by atoms with E-state index in [1.807, 2.05) is 6.07 Å². The van der Waals surface area contributed by atoms with Gasteiger partial charge in [-0.05, 0) is 39.0 Å². The first-order valence-corrected chi connectivity index (χ1v) is 7.75. The van der Waals surface area contributed by atoms with E-state index in [1.54, 1.807) is 11.3 Å². The number of thiazole rings is 1. The third-order valence-corrected chi connectivity index (χ3v) is 4.21. The van der Waals surface area contributed by atoms with Crippen molar-refractivity contribution in [2.75, 3.05) is 23.7 Å². The predicted molar refractivity (Wildman–Crippen MR) is 85.0 cm³/mol. The smallest absolute Gasteiger partial charge is 0.183 e. The van der Waals surface area contributed by atoms with Gasteiger partial charge in [0.25, 0.3) is 0 Å². The van der Waals surface area contributed by atoms with Crippen LogP contribution in [0.15, 0.2) is 18.2 Å². The zero-order valence-electron chi connectivity index (χ0n) is 12.0. The lowest BCUT2D eigenvalue weighted by Gasteiger charge is -2.25. The van der Waals surface area contributed by atoms with Crippen molar-refractivity contribution in [2.45, 2.75) is 26.9 Å². The lowest BCUT2D eigenvalue weighted by atomic mass is 10.1. The van der Waals surface area contributed by atoms with Crippen LogP contribution in [0.1, 0.15) is 18.7 Å². The highest BCUT2D eigenvalue weighted by atomic mass is 32.1. The van der Waals surface area contributed by atoms with E-state index in [0.717, 1.165) is 40.9 Å². The summed E-state index contributed by atoms with van der Waals surface area (Å²) in [4.78, 5) is 5.90. The Balaban J connectivity index is 1.95. The van der Waals surface area contributed by atoms with Gasteiger partial charge in [0.05, 0.1) is 17.9 Å². The van der Waals surface area contributed by atoms with Gasteiger partial charge in [0.1, 0.15) is 11.9 Å². The molecule has 3 rings (SSSR count). The SMILES string of the molecule is CCNc1nc(-c2ccc3c(c2)NCC(C)O3)c(C)s1. The maximum atomic E-state index is 5.80. The third-order valence-electron chi connectivity index (χ3n) is 3.29. The van der Waals surface area contributed by atoms with E-state index in [-0.39, 0.29) is 6.10 Å². The number of nitrogens with one attached hydrogen (secondary N) is 2. The fourth-order valence-electron chi connectivity index (χ4n) is 2.32. The van der Waals surface area contributed by atoms with E-state index < -0.39 is 0 Å². The Labute approximate surface area is 123 Å². The van der Waals surface area contributed by atoms with Gasteiger partial charge in [-0.1, -0.05) is 0 Å². The minimum absolute atomic E-state index is 0.217. The topological polar surface area (TPSA) is 46.2 Å². The van der Waals surface area contributed by atoms with Gasteiger partial charge in [0.15, 0.2) is 5.13 Å². The Morgan fingerprint density at radius 1 is 1.50 bits per heavy atom.